The van der Waals surface area contributed by atoms with E-state index in [2.05, 4.69) is 0 Å². The predicted molar refractivity (Wildman–Crippen MR) is 83.7 cm³/mol. The van der Waals surface area contributed by atoms with Gasteiger partial charge in [-0.05, 0) is 37.1 Å². The van der Waals surface area contributed by atoms with Gasteiger partial charge in [0.15, 0.2) is 5.78 Å². The number of ether oxygens (including phenoxy) is 1. The van der Waals surface area contributed by atoms with Crippen LogP contribution in [0.2, 0.25) is 0 Å². The molecule has 0 aromatic heterocycles. The summed E-state index contributed by atoms with van der Waals surface area (Å²) >= 11 is 0. The van der Waals surface area contributed by atoms with Crippen LogP contribution in [0.25, 0.3) is 11.1 Å². The van der Waals surface area contributed by atoms with E-state index >= 15 is 0 Å². The fourth-order valence-corrected chi connectivity index (χ4v) is 1.99. The molecule has 0 radical (unpaired) electrons. The van der Waals surface area contributed by atoms with Crippen LogP contribution in [-0.2, 0) is 0 Å². The summed E-state index contributed by atoms with van der Waals surface area (Å²) in [5.41, 5.74) is 2.86. The third-order valence-electron chi connectivity index (χ3n) is 3.28. The summed E-state index contributed by atoms with van der Waals surface area (Å²) in [5.74, 6) is 0.864. The number of ketones is 1. The van der Waals surface area contributed by atoms with E-state index < -0.39 is 0 Å². The maximum Gasteiger partial charge on any atom is 0.159 e. The van der Waals surface area contributed by atoms with Crippen molar-refractivity contribution in [1.82, 2.24) is 0 Å². The zero-order valence-corrected chi connectivity index (χ0v) is 12.4. The molecule has 2 aromatic rings. The summed E-state index contributed by atoms with van der Waals surface area (Å²) in [6.45, 7) is 3.82. The first-order valence-electron chi connectivity index (χ1n) is 7.08. The van der Waals surface area contributed by atoms with Crippen molar-refractivity contribution in [3.8, 4) is 16.9 Å². The smallest absolute Gasteiger partial charge is 0.159 e. The quantitative estimate of drug-likeness (QED) is 0.823. The van der Waals surface area contributed by atoms with Crippen LogP contribution >= 0.6 is 0 Å². The molecular formula is C18H20O3. The van der Waals surface area contributed by atoms with E-state index in [1.54, 1.807) is 13.8 Å². The Labute approximate surface area is 125 Å². The summed E-state index contributed by atoms with van der Waals surface area (Å²) in [4.78, 5) is 11.3. The van der Waals surface area contributed by atoms with Gasteiger partial charge in [-0.25, -0.2) is 0 Å². The van der Waals surface area contributed by atoms with Crippen molar-refractivity contribution in [3.05, 3.63) is 54.1 Å². The summed E-state index contributed by atoms with van der Waals surface area (Å²) in [7, 11) is 0. The first kappa shape index (κ1) is 15.3. The fraction of sp³-hybridized carbons (Fsp3) is 0.278. The van der Waals surface area contributed by atoms with E-state index in [9.17, 15) is 9.90 Å². The third kappa shape index (κ3) is 4.43. The zero-order chi connectivity index (χ0) is 15.2. The van der Waals surface area contributed by atoms with Crippen molar-refractivity contribution < 1.29 is 14.6 Å². The van der Waals surface area contributed by atoms with Gasteiger partial charge in [0, 0.05) is 12.0 Å². The molecule has 2 rings (SSSR count). The molecule has 0 aliphatic carbocycles. The number of hydrogen-bond acceptors (Lipinski definition) is 3. The lowest BCUT2D eigenvalue weighted by Crippen LogP contribution is -2.07. The number of carbonyl (C=O) groups excluding carboxylic acids is 1. The highest BCUT2D eigenvalue weighted by Crippen LogP contribution is 2.23. The number of hydrogen-bond donors (Lipinski definition) is 1. The van der Waals surface area contributed by atoms with Crippen LogP contribution in [0.3, 0.4) is 0 Å². The van der Waals surface area contributed by atoms with Crippen LogP contribution in [0.5, 0.6) is 5.75 Å². The van der Waals surface area contributed by atoms with Crippen molar-refractivity contribution >= 4 is 5.78 Å². The molecule has 0 saturated heterocycles. The standard InChI is InChI=1S/C18H20O3/c1-13(19)11-12-21-18-9-7-17(8-10-18)16-5-3-15(4-6-16)14(2)20/h3-10,13,19H,11-12H2,1-2H3. The highest BCUT2D eigenvalue weighted by atomic mass is 16.5. The third-order valence-corrected chi connectivity index (χ3v) is 3.28. The second-order valence-electron chi connectivity index (χ2n) is 5.14. The first-order chi connectivity index (χ1) is 10.1. The summed E-state index contributed by atoms with van der Waals surface area (Å²) in [6.07, 6.45) is 0.276. The molecule has 0 spiro atoms. The van der Waals surface area contributed by atoms with Gasteiger partial charge in [-0.3, -0.25) is 4.79 Å². The van der Waals surface area contributed by atoms with E-state index in [4.69, 9.17) is 4.74 Å². The SMILES string of the molecule is CC(=O)c1ccc(-c2ccc(OCCC(C)O)cc2)cc1. The van der Waals surface area contributed by atoms with Gasteiger partial charge >= 0.3 is 0 Å². The highest BCUT2D eigenvalue weighted by Gasteiger charge is 2.02. The summed E-state index contributed by atoms with van der Waals surface area (Å²) in [6, 6.07) is 15.4. The average Bonchev–Trinajstić information content (AvgIpc) is 2.48. The lowest BCUT2D eigenvalue weighted by atomic mass is 10.0. The maximum absolute atomic E-state index is 11.3. The molecule has 0 aliphatic heterocycles. The monoisotopic (exact) mass is 284 g/mol. The Bertz CT molecular complexity index is 583. The molecule has 2 aromatic carbocycles. The van der Waals surface area contributed by atoms with Crippen LogP contribution in [0.4, 0.5) is 0 Å². The number of benzene rings is 2. The summed E-state index contributed by atoms with van der Waals surface area (Å²) in [5, 5.41) is 9.18. The molecule has 3 heteroatoms. The van der Waals surface area contributed by atoms with Gasteiger partial charge in [0.1, 0.15) is 5.75 Å². The molecule has 0 fully saturated rings. The number of aliphatic hydroxyl groups excluding tert-OH is 1. The van der Waals surface area contributed by atoms with E-state index in [-0.39, 0.29) is 11.9 Å². The molecule has 1 unspecified atom stereocenters. The van der Waals surface area contributed by atoms with E-state index in [1.165, 1.54) is 0 Å². The Morgan fingerprint density at radius 2 is 1.57 bits per heavy atom. The van der Waals surface area contributed by atoms with Gasteiger partial charge < -0.3 is 9.84 Å². The van der Waals surface area contributed by atoms with Crippen molar-refractivity contribution in [3.63, 3.8) is 0 Å². The van der Waals surface area contributed by atoms with Gasteiger partial charge in [-0.1, -0.05) is 36.4 Å². The van der Waals surface area contributed by atoms with Crippen LogP contribution in [0, 0.1) is 0 Å². The largest absolute Gasteiger partial charge is 0.493 e. The van der Waals surface area contributed by atoms with Crippen molar-refractivity contribution in [2.45, 2.75) is 26.4 Å². The Hall–Kier alpha value is -2.13. The molecular weight excluding hydrogens is 264 g/mol. The van der Waals surface area contributed by atoms with Crippen LogP contribution in [0.15, 0.2) is 48.5 Å². The molecule has 21 heavy (non-hydrogen) atoms. The molecule has 0 heterocycles. The van der Waals surface area contributed by atoms with Crippen LogP contribution < -0.4 is 4.74 Å². The van der Waals surface area contributed by atoms with Crippen LogP contribution in [0.1, 0.15) is 30.6 Å². The van der Waals surface area contributed by atoms with Crippen LogP contribution in [-0.4, -0.2) is 23.6 Å². The second kappa shape index (κ2) is 7.04. The first-order valence-corrected chi connectivity index (χ1v) is 7.08. The van der Waals surface area contributed by atoms with E-state index in [0.29, 0.717) is 13.0 Å². The molecule has 0 bridgehead atoms. The lowest BCUT2D eigenvalue weighted by molar-refractivity contribution is 0.101. The Morgan fingerprint density at radius 1 is 1.05 bits per heavy atom. The van der Waals surface area contributed by atoms with Crippen molar-refractivity contribution in [2.75, 3.05) is 6.61 Å². The lowest BCUT2D eigenvalue weighted by Gasteiger charge is -2.08. The minimum atomic E-state index is -0.343. The van der Waals surface area contributed by atoms with Gasteiger partial charge in [0.05, 0.1) is 12.7 Å². The second-order valence-corrected chi connectivity index (χ2v) is 5.14. The Balaban J connectivity index is 2.02. The van der Waals surface area contributed by atoms with Gasteiger partial charge in [0.2, 0.25) is 0 Å². The van der Waals surface area contributed by atoms with Crippen molar-refractivity contribution in [2.24, 2.45) is 0 Å². The van der Waals surface area contributed by atoms with Gasteiger partial charge in [-0.2, -0.15) is 0 Å². The molecule has 1 atom stereocenters. The number of aliphatic hydroxyl groups is 1. The Morgan fingerprint density at radius 3 is 2.05 bits per heavy atom. The number of Topliss-reactive ketones (excluding diaryl/α,β-unsaturated/α-hetero) is 1. The summed E-state index contributed by atoms with van der Waals surface area (Å²) < 4.78 is 5.55. The number of carbonyl (C=O) groups is 1. The molecule has 0 aliphatic rings. The maximum atomic E-state index is 11.3. The van der Waals surface area contributed by atoms with Crippen molar-refractivity contribution in [1.29, 1.82) is 0 Å². The minimum absolute atomic E-state index is 0.0726. The van der Waals surface area contributed by atoms with E-state index in [1.807, 2.05) is 48.5 Å². The molecule has 110 valence electrons. The molecule has 0 amide bonds. The minimum Gasteiger partial charge on any atom is -0.493 e. The Kier molecular flexibility index (Phi) is 5.12. The van der Waals surface area contributed by atoms with Gasteiger partial charge in [-0.15, -0.1) is 0 Å². The molecule has 1 N–H and O–H groups in total. The fourth-order valence-electron chi connectivity index (χ4n) is 1.99. The predicted octanol–water partition coefficient (Wildman–Crippen LogP) is 3.71. The highest BCUT2D eigenvalue weighted by molar-refractivity contribution is 5.94. The number of rotatable bonds is 6. The normalized spacial score (nSPS) is 12.0. The average molecular weight is 284 g/mol. The van der Waals surface area contributed by atoms with E-state index in [0.717, 1.165) is 22.4 Å². The molecule has 0 saturated carbocycles. The zero-order valence-electron chi connectivity index (χ0n) is 12.4. The van der Waals surface area contributed by atoms with Gasteiger partial charge in [0.25, 0.3) is 0 Å². The molecule has 3 nitrogen and oxygen atoms in total. The topological polar surface area (TPSA) is 46.5 Å².